The van der Waals surface area contributed by atoms with Crippen molar-refractivity contribution in [3.05, 3.63) is 33.1 Å². The van der Waals surface area contributed by atoms with Crippen LogP contribution in [0.2, 0.25) is 0 Å². The lowest BCUT2D eigenvalue weighted by Crippen LogP contribution is -2.41. The van der Waals surface area contributed by atoms with E-state index in [1.54, 1.807) is 0 Å². The summed E-state index contributed by atoms with van der Waals surface area (Å²) in [6.45, 7) is -0.0359. The Hall–Kier alpha value is -1.53. The largest absolute Gasteiger partial charge is 0.376 e. The molecule has 130 valence electrons. The molecule has 0 unspecified atom stereocenters. The lowest BCUT2D eigenvalue weighted by molar-refractivity contribution is -0.0552. The summed E-state index contributed by atoms with van der Waals surface area (Å²) in [6.07, 6.45) is -0.462. The summed E-state index contributed by atoms with van der Waals surface area (Å²) in [5.74, 6) is 0. The van der Waals surface area contributed by atoms with Gasteiger partial charge in [-0.2, -0.15) is 0 Å². The molecule has 2 rings (SSSR count). The fourth-order valence-corrected chi connectivity index (χ4v) is 2.96. The van der Waals surface area contributed by atoms with E-state index in [-0.39, 0.29) is 6.54 Å². The molecule has 1 aliphatic heterocycles. The van der Waals surface area contributed by atoms with Crippen molar-refractivity contribution in [2.75, 3.05) is 27.0 Å². The molecule has 11 heteroatoms. The Morgan fingerprint density at radius 1 is 1.30 bits per heavy atom. The highest BCUT2D eigenvalue weighted by atomic mass is 32.2. The Morgan fingerprint density at radius 2 is 1.96 bits per heavy atom. The molecule has 1 aliphatic rings. The van der Waals surface area contributed by atoms with E-state index < -0.39 is 45.8 Å². The van der Waals surface area contributed by atoms with Crippen molar-refractivity contribution >= 4 is 10.0 Å². The topological polar surface area (TPSA) is 129 Å². The molecule has 0 radical (unpaired) electrons. The van der Waals surface area contributed by atoms with Gasteiger partial charge in [-0.3, -0.25) is 14.3 Å². The van der Waals surface area contributed by atoms with E-state index in [0.29, 0.717) is 0 Å². The maximum atomic E-state index is 11.9. The second kappa shape index (κ2) is 6.93. The van der Waals surface area contributed by atoms with Crippen LogP contribution in [0.15, 0.2) is 21.9 Å². The molecule has 0 aliphatic carbocycles. The fourth-order valence-electron chi connectivity index (χ4n) is 2.49. The first kappa shape index (κ1) is 17.8. The molecule has 1 aromatic rings. The predicted molar refractivity (Wildman–Crippen MR) is 79.7 cm³/mol. The number of aromatic nitrogens is 2. The summed E-state index contributed by atoms with van der Waals surface area (Å²) in [7, 11) is -0.543. The molecule has 1 fully saturated rings. The van der Waals surface area contributed by atoms with E-state index in [1.165, 1.54) is 31.0 Å². The van der Waals surface area contributed by atoms with Crippen LogP contribution >= 0.6 is 0 Å². The zero-order valence-electron chi connectivity index (χ0n) is 12.9. The molecule has 0 aromatic carbocycles. The van der Waals surface area contributed by atoms with E-state index in [9.17, 15) is 18.0 Å². The Morgan fingerprint density at radius 3 is 2.48 bits per heavy atom. The van der Waals surface area contributed by atoms with Gasteiger partial charge >= 0.3 is 5.69 Å². The van der Waals surface area contributed by atoms with Crippen LogP contribution in [-0.2, 0) is 24.2 Å². The molecule has 1 saturated heterocycles. The maximum Gasteiger partial charge on any atom is 0.330 e. The van der Waals surface area contributed by atoms with E-state index in [1.807, 2.05) is 0 Å². The molecule has 23 heavy (non-hydrogen) atoms. The highest BCUT2D eigenvalue weighted by Crippen LogP contribution is 2.31. The zero-order chi connectivity index (χ0) is 17.2. The minimum Gasteiger partial charge on any atom is -0.376 e. The SMILES string of the molecule is CO[C@@H]1[C@H](OC)[C@@H](CNS(C)(=O)=O)O[C@H]1n1ccc(=O)[nH]c1=O. The van der Waals surface area contributed by atoms with Gasteiger partial charge in [0.1, 0.15) is 18.3 Å². The molecule has 4 atom stereocenters. The van der Waals surface area contributed by atoms with Crippen LogP contribution in [0.1, 0.15) is 6.23 Å². The third-order valence-corrected chi connectivity index (χ3v) is 4.19. The van der Waals surface area contributed by atoms with Gasteiger partial charge in [0.2, 0.25) is 10.0 Å². The minimum atomic E-state index is -3.41. The third kappa shape index (κ3) is 4.06. The number of sulfonamides is 1. The number of aromatic amines is 1. The van der Waals surface area contributed by atoms with E-state index >= 15 is 0 Å². The van der Waals surface area contributed by atoms with Gasteiger partial charge in [-0.05, 0) is 0 Å². The number of nitrogens with one attached hydrogen (secondary N) is 2. The molecule has 0 saturated carbocycles. The number of H-pyrrole nitrogens is 1. The summed E-state index contributed by atoms with van der Waals surface area (Å²) >= 11 is 0. The zero-order valence-corrected chi connectivity index (χ0v) is 13.7. The molecule has 1 aromatic heterocycles. The van der Waals surface area contributed by atoms with E-state index in [2.05, 4.69) is 9.71 Å². The lowest BCUT2D eigenvalue weighted by atomic mass is 10.1. The van der Waals surface area contributed by atoms with Crippen molar-refractivity contribution < 1.29 is 22.6 Å². The second-order valence-corrected chi connectivity index (χ2v) is 6.94. The second-order valence-electron chi connectivity index (χ2n) is 5.10. The summed E-state index contributed by atoms with van der Waals surface area (Å²) in [6, 6.07) is 1.18. The molecular weight excluding hydrogens is 330 g/mol. The summed E-state index contributed by atoms with van der Waals surface area (Å²) in [4.78, 5) is 25.2. The molecular formula is C12H19N3O7S. The highest BCUT2D eigenvalue weighted by Gasteiger charge is 2.46. The number of nitrogens with zero attached hydrogens (tertiary/aromatic N) is 1. The van der Waals surface area contributed by atoms with Crippen LogP contribution in [0.3, 0.4) is 0 Å². The first-order valence-electron chi connectivity index (χ1n) is 6.74. The average Bonchev–Trinajstić information content (AvgIpc) is 2.81. The van der Waals surface area contributed by atoms with Gasteiger partial charge in [0.05, 0.1) is 6.26 Å². The van der Waals surface area contributed by atoms with E-state index in [0.717, 1.165) is 6.26 Å². The van der Waals surface area contributed by atoms with Crippen LogP contribution < -0.4 is 16.0 Å². The smallest absolute Gasteiger partial charge is 0.330 e. The van der Waals surface area contributed by atoms with Gasteiger partial charge < -0.3 is 14.2 Å². The average molecular weight is 349 g/mol. The summed E-state index contributed by atoms with van der Waals surface area (Å²) in [5.41, 5.74) is -1.19. The van der Waals surface area contributed by atoms with Crippen molar-refractivity contribution in [1.29, 1.82) is 0 Å². The number of ether oxygens (including phenoxy) is 3. The maximum absolute atomic E-state index is 11.9. The van der Waals surface area contributed by atoms with Gasteiger partial charge in [0.25, 0.3) is 5.56 Å². The predicted octanol–water partition coefficient (Wildman–Crippen LogP) is -1.99. The first-order valence-corrected chi connectivity index (χ1v) is 8.63. The standard InChI is InChI=1S/C12H19N3O7S/c1-20-9-7(6-13-23(3,18)19)22-11(10(9)21-2)15-5-4-8(16)14-12(15)17/h4-5,7,9-11,13H,6H2,1-3H3,(H,14,16,17)/t7-,9-,10-,11-/m1/s1. The highest BCUT2D eigenvalue weighted by molar-refractivity contribution is 7.88. The number of methoxy groups -OCH3 is 2. The Kier molecular flexibility index (Phi) is 5.37. The van der Waals surface area contributed by atoms with Gasteiger partial charge in [0, 0.05) is 33.0 Å². The molecule has 2 N–H and O–H groups in total. The van der Waals surface area contributed by atoms with Crippen molar-refractivity contribution in [3.63, 3.8) is 0 Å². The molecule has 2 heterocycles. The van der Waals surface area contributed by atoms with Crippen LogP contribution in [0.4, 0.5) is 0 Å². The normalized spacial score (nSPS) is 28.1. The van der Waals surface area contributed by atoms with Crippen LogP contribution in [0.5, 0.6) is 0 Å². The number of rotatable bonds is 6. The monoisotopic (exact) mass is 349 g/mol. The molecule has 10 nitrogen and oxygen atoms in total. The quantitative estimate of drug-likeness (QED) is 0.608. The first-order chi connectivity index (χ1) is 10.8. The Labute approximate surface area is 132 Å². The van der Waals surface area contributed by atoms with Crippen molar-refractivity contribution in [1.82, 2.24) is 14.3 Å². The third-order valence-electron chi connectivity index (χ3n) is 3.50. The summed E-state index contributed by atoms with van der Waals surface area (Å²) in [5, 5.41) is 0. The number of hydrogen-bond acceptors (Lipinski definition) is 7. The van der Waals surface area contributed by atoms with Crippen molar-refractivity contribution in [2.45, 2.75) is 24.5 Å². The van der Waals surface area contributed by atoms with Gasteiger partial charge in [0.15, 0.2) is 6.23 Å². The van der Waals surface area contributed by atoms with Gasteiger partial charge in [-0.15, -0.1) is 0 Å². The van der Waals surface area contributed by atoms with Gasteiger partial charge in [-0.1, -0.05) is 0 Å². The van der Waals surface area contributed by atoms with Crippen LogP contribution in [0, 0.1) is 0 Å². The fraction of sp³-hybridized carbons (Fsp3) is 0.667. The Balaban J connectivity index is 2.29. The van der Waals surface area contributed by atoms with Gasteiger partial charge in [-0.25, -0.2) is 17.9 Å². The minimum absolute atomic E-state index is 0.0359. The number of hydrogen-bond donors (Lipinski definition) is 2. The Bertz CT molecular complexity index is 756. The van der Waals surface area contributed by atoms with Crippen molar-refractivity contribution in [2.24, 2.45) is 0 Å². The van der Waals surface area contributed by atoms with E-state index in [4.69, 9.17) is 14.2 Å². The van der Waals surface area contributed by atoms with Crippen LogP contribution in [-0.4, -0.2) is 63.3 Å². The van der Waals surface area contributed by atoms with Crippen LogP contribution in [0.25, 0.3) is 0 Å². The molecule has 0 bridgehead atoms. The lowest BCUT2D eigenvalue weighted by Gasteiger charge is -2.22. The molecule has 0 amide bonds. The summed E-state index contributed by atoms with van der Waals surface area (Å²) < 4.78 is 42.4. The van der Waals surface area contributed by atoms with Crippen molar-refractivity contribution in [3.8, 4) is 0 Å². The molecule has 0 spiro atoms.